The van der Waals surface area contributed by atoms with Crippen molar-refractivity contribution in [3.05, 3.63) is 24.3 Å². The number of phenols is 1. The zero-order valence-corrected chi connectivity index (χ0v) is 9.90. The van der Waals surface area contributed by atoms with Crippen molar-refractivity contribution in [2.75, 3.05) is 11.9 Å². The average Bonchev–Trinajstić information content (AvgIpc) is 2.28. The van der Waals surface area contributed by atoms with Crippen LogP contribution in [-0.2, 0) is 4.79 Å². The van der Waals surface area contributed by atoms with Gasteiger partial charge in [-0.15, -0.1) is 0 Å². The summed E-state index contributed by atoms with van der Waals surface area (Å²) in [7, 11) is 1.68. The van der Waals surface area contributed by atoms with E-state index in [-0.39, 0.29) is 11.7 Å². The summed E-state index contributed by atoms with van der Waals surface area (Å²) in [5.41, 5.74) is 5.75. The van der Waals surface area contributed by atoms with Gasteiger partial charge >= 0.3 is 0 Å². The van der Waals surface area contributed by atoms with E-state index in [4.69, 9.17) is 10.8 Å². The number of phenolic OH excluding ortho intramolecular Hbond substituents is 1. The number of carbonyl (C=O) groups is 1. The molecule has 0 saturated carbocycles. The van der Waals surface area contributed by atoms with Crippen molar-refractivity contribution in [2.24, 2.45) is 5.73 Å². The number of hydrogen-bond donors (Lipinski definition) is 2. The predicted octanol–water partition coefficient (Wildman–Crippen LogP) is 1.48. The summed E-state index contributed by atoms with van der Waals surface area (Å²) in [6.07, 6.45) is 0.578. The van der Waals surface area contributed by atoms with E-state index in [9.17, 15) is 4.79 Å². The number of likely N-dealkylation sites (N-methyl/N-ethyl adjacent to an activating group) is 1. The lowest BCUT2D eigenvalue weighted by Gasteiger charge is -2.28. The van der Waals surface area contributed by atoms with Gasteiger partial charge in [-0.2, -0.15) is 0 Å². The molecule has 0 spiro atoms. The second kappa shape index (κ2) is 4.53. The van der Waals surface area contributed by atoms with Crippen LogP contribution in [0.15, 0.2) is 24.3 Å². The summed E-state index contributed by atoms with van der Waals surface area (Å²) in [5.74, 6) is 0.0382. The monoisotopic (exact) mass is 222 g/mol. The van der Waals surface area contributed by atoms with E-state index in [0.29, 0.717) is 12.1 Å². The highest BCUT2D eigenvalue weighted by Gasteiger charge is 2.29. The Morgan fingerprint density at radius 1 is 1.44 bits per heavy atom. The van der Waals surface area contributed by atoms with Gasteiger partial charge in [-0.05, 0) is 37.6 Å². The highest BCUT2D eigenvalue weighted by molar-refractivity contribution is 5.99. The quantitative estimate of drug-likeness (QED) is 0.814. The molecule has 0 bridgehead atoms. The maximum atomic E-state index is 12.0. The Morgan fingerprint density at radius 3 is 2.38 bits per heavy atom. The van der Waals surface area contributed by atoms with E-state index in [0.717, 1.165) is 0 Å². The van der Waals surface area contributed by atoms with E-state index >= 15 is 0 Å². The molecule has 0 radical (unpaired) electrons. The molecule has 0 saturated heterocycles. The first-order chi connectivity index (χ1) is 7.38. The molecule has 0 aromatic heterocycles. The lowest BCUT2D eigenvalue weighted by Crippen LogP contribution is -2.51. The van der Waals surface area contributed by atoms with Gasteiger partial charge in [0.1, 0.15) is 5.75 Å². The van der Waals surface area contributed by atoms with Gasteiger partial charge in [0, 0.05) is 12.7 Å². The third-order valence-electron chi connectivity index (χ3n) is 2.76. The summed E-state index contributed by atoms with van der Waals surface area (Å²) in [4.78, 5) is 13.5. The summed E-state index contributed by atoms with van der Waals surface area (Å²) < 4.78 is 0. The lowest BCUT2D eigenvalue weighted by atomic mass is 9.98. The van der Waals surface area contributed by atoms with E-state index < -0.39 is 5.54 Å². The molecule has 1 aromatic carbocycles. The molecule has 1 aromatic rings. The molecule has 4 nitrogen and oxygen atoms in total. The standard InChI is InChI=1S/C12H18N2O2/c1-4-12(2,13)11(16)14(3)9-5-7-10(15)8-6-9/h5-8,15H,4,13H2,1-3H3. The Kier molecular flexibility index (Phi) is 3.55. The molecule has 16 heavy (non-hydrogen) atoms. The van der Waals surface area contributed by atoms with Gasteiger partial charge < -0.3 is 15.7 Å². The first-order valence-electron chi connectivity index (χ1n) is 5.24. The fourth-order valence-corrected chi connectivity index (χ4v) is 1.33. The van der Waals surface area contributed by atoms with Crippen LogP contribution in [0.4, 0.5) is 5.69 Å². The third-order valence-corrected chi connectivity index (χ3v) is 2.76. The molecule has 0 aliphatic carbocycles. The topological polar surface area (TPSA) is 66.6 Å². The van der Waals surface area contributed by atoms with Gasteiger partial charge in [-0.1, -0.05) is 6.92 Å². The van der Waals surface area contributed by atoms with Crippen molar-refractivity contribution in [3.8, 4) is 5.75 Å². The number of nitrogens with two attached hydrogens (primary N) is 1. The van der Waals surface area contributed by atoms with Crippen LogP contribution < -0.4 is 10.6 Å². The zero-order chi connectivity index (χ0) is 12.3. The summed E-state index contributed by atoms with van der Waals surface area (Å²) in [6, 6.07) is 6.44. The molecule has 4 heteroatoms. The minimum Gasteiger partial charge on any atom is -0.508 e. The van der Waals surface area contributed by atoms with Crippen LogP contribution in [0.2, 0.25) is 0 Å². The fraction of sp³-hybridized carbons (Fsp3) is 0.417. The Bertz CT molecular complexity index is 371. The number of anilines is 1. The van der Waals surface area contributed by atoms with Gasteiger partial charge in [0.25, 0.3) is 0 Å². The number of hydrogen-bond acceptors (Lipinski definition) is 3. The molecule has 1 rings (SSSR count). The smallest absolute Gasteiger partial charge is 0.246 e. The van der Waals surface area contributed by atoms with Gasteiger partial charge in [-0.3, -0.25) is 4.79 Å². The molecule has 1 unspecified atom stereocenters. The van der Waals surface area contributed by atoms with Crippen LogP contribution in [0.1, 0.15) is 20.3 Å². The second-order valence-corrected chi connectivity index (χ2v) is 4.15. The van der Waals surface area contributed by atoms with Crippen molar-refractivity contribution >= 4 is 11.6 Å². The first kappa shape index (κ1) is 12.5. The molecule has 3 N–H and O–H groups in total. The number of carbonyl (C=O) groups excluding carboxylic acids is 1. The molecule has 1 amide bonds. The van der Waals surface area contributed by atoms with Crippen LogP contribution in [0, 0.1) is 0 Å². The van der Waals surface area contributed by atoms with Crippen molar-refractivity contribution in [2.45, 2.75) is 25.8 Å². The highest BCUT2D eigenvalue weighted by atomic mass is 16.3. The molecule has 0 fully saturated rings. The number of aromatic hydroxyl groups is 1. The molecule has 0 heterocycles. The van der Waals surface area contributed by atoms with Crippen LogP contribution in [0.25, 0.3) is 0 Å². The van der Waals surface area contributed by atoms with E-state index in [2.05, 4.69) is 0 Å². The minimum atomic E-state index is -0.855. The number of nitrogens with zero attached hydrogens (tertiary/aromatic N) is 1. The Labute approximate surface area is 95.7 Å². The molecule has 0 aliphatic rings. The Balaban J connectivity index is 2.90. The maximum absolute atomic E-state index is 12.0. The van der Waals surface area contributed by atoms with Crippen molar-refractivity contribution in [1.29, 1.82) is 0 Å². The van der Waals surface area contributed by atoms with Crippen LogP contribution >= 0.6 is 0 Å². The summed E-state index contributed by atoms with van der Waals surface area (Å²) in [5, 5.41) is 9.15. The fourth-order valence-electron chi connectivity index (χ4n) is 1.33. The molecule has 0 aliphatic heterocycles. The predicted molar refractivity (Wildman–Crippen MR) is 64.4 cm³/mol. The van der Waals surface area contributed by atoms with Gasteiger partial charge in [0.05, 0.1) is 5.54 Å². The Morgan fingerprint density at radius 2 is 1.94 bits per heavy atom. The largest absolute Gasteiger partial charge is 0.508 e. The summed E-state index contributed by atoms with van der Waals surface area (Å²) in [6.45, 7) is 3.59. The van der Waals surface area contributed by atoms with E-state index in [1.54, 1.807) is 38.2 Å². The zero-order valence-electron chi connectivity index (χ0n) is 9.90. The van der Waals surface area contributed by atoms with Gasteiger partial charge in [0.15, 0.2) is 0 Å². The molecule has 1 atom stereocenters. The average molecular weight is 222 g/mol. The number of amides is 1. The van der Waals surface area contributed by atoms with E-state index in [1.807, 2.05) is 6.92 Å². The SMILES string of the molecule is CCC(C)(N)C(=O)N(C)c1ccc(O)cc1. The summed E-state index contributed by atoms with van der Waals surface area (Å²) >= 11 is 0. The molecule has 88 valence electrons. The lowest BCUT2D eigenvalue weighted by molar-refractivity contribution is -0.122. The van der Waals surface area contributed by atoms with Crippen LogP contribution in [-0.4, -0.2) is 23.6 Å². The van der Waals surface area contributed by atoms with Crippen molar-refractivity contribution in [3.63, 3.8) is 0 Å². The number of rotatable bonds is 3. The highest BCUT2D eigenvalue weighted by Crippen LogP contribution is 2.20. The first-order valence-corrected chi connectivity index (χ1v) is 5.24. The normalized spacial score (nSPS) is 14.2. The van der Waals surface area contributed by atoms with Gasteiger partial charge in [0.2, 0.25) is 5.91 Å². The molecular weight excluding hydrogens is 204 g/mol. The van der Waals surface area contributed by atoms with Gasteiger partial charge in [-0.25, -0.2) is 0 Å². The van der Waals surface area contributed by atoms with Crippen LogP contribution in [0.5, 0.6) is 5.75 Å². The third kappa shape index (κ3) is 2.52. The second-order valence-electron chi connectivity index (χ2n) is 4.15. The van der Waals surface area contributed by atoms with Crippen molar-refractivity contribution in [1.82, 2.24) is 0 Å². The van der Waals surface area contributed by atoms with E-state index in [1.165, 1.54) is 4.90 Å². The minimum absolute atomic E-state index is 0.138. The number of benzene rings is 1. The molecular formula is C12H18N2O2. The van der Waals surface area contributed by atoms with Crippen molar-refractivity contribution < 1.29 is 9.90 Å². The maximum Gasteiger partial charge on any atom is 0.246 e. The van der Waals surface area contributed by atoms with Crippen LogP contribution in [0.3, 0.4) is 0 Å². The Hall–Kier alpha value is -1.55.